The number of hydrogen-bond donors (Lipinski definition) is 0. The number of amides is 1. The first-order valence-corrected chi connectivity index (χ1v) is 11.5. The second kappa shape index (κ2) is 22.9. The quantitative estimate of drug-likeness (QED) is 0.497. The fourth-order valence-corrected chi connectivity index (χ4v) is 2.02. The van der Waals surface area contributed by atoms with E-state index in [1.807, 2.05) is 88.0 Å². The molecule has 0 aliphatic carbocycles. The van der Waals surface area contributed by atoms with E-state index in [9.17, 15) is 4.79 Å². The molecule has 0 spiro atoms. The predicted molar refractivity (Wildman–Crippen MR) is 130 cm³/mol. The van der Waals surface area contributed by atoms with Gasteiger partial charge in [-0.15, -0.1) is 0 Å². The Morgan fingerprint density at radius 1 is 0.966 bits per heavy atom. The molecule has 0 bridgehead atoms. The van der Waals surface area contributed by atoms with Gasteiger partial charge in [0.25, 0.3) is 0 Å². The molecule has 1 amide bonds. The number of likely N-dealkylation sites (tertiary alicyclic amines) is 1. The van der Waals surface area contributed by atoms with E-state index in [0.717, 1.165) is 38.0 Å². The topological polar surface area (TPSA) is 47.4 Å². The lowest BCUT2D eigenvalue weighted by Gasteiger charge is -2.29. The van der Waals surface area contributed by atoms with Crippen molar-refractivity contribution in [3.05, 3.63) is 17.5 Å². The molecule has 176 valence electrons. The minimum atomic E-state index is 0.0417. The zero-order valence-corrected chi connectivity index (χ0v) is 22.2. The third-order valence-electron chi connectivity index (χ3n) is 3.80. The maximum Gasteiger partial charge on any atom is 0.209 e. The van der Waals surface area contributed by atoms with E-state index in [2.05, 4.69) is 22.9 Å². The molecule has 5 heteroatoms. The molecule has 0 atom stereocenters. The van der Waals surface area contributed by atoms with Gasteiger partial charge in [-0.25, -0.2) is 0 Å². The Kier molecular flexibility index (Phi) is 27.7. The lowest BCUT2D eigenvalue weighted by atomic mass is 10.1. The summed E-state index contributed by atoms with van der Waals surface area (Å²) in [6.45, 7) is 27.9. The summed E-state index contributed by atoms with van der Waals surface area (Å²) in [4.78, 5) is 12.4. The van der Waals surface area contributed by atoms with Crippen molar-refractivity contribution >= 4 is 6.41 Å². The predicted octanol–water partition coefficient (Wildman–Crippen LogP) is 6.83. The van der Waals surface area contributed by atoms with Crippen molar-refractivity contribution in [1.29, 1.82) is 0 Å². The average molecular weight is 416 g/mol. The zero-order valence-electron chi connectivity index (χ0n) is 22.2. The summed E-state index contributed by atoms with van der Waals surface area (Å²) in [7, 11) is 1.71. The molecule has 0 saturated carbocycles. The first kappa shape index (κ1) is 35.1. The van der Waals surface area contributed by atoms with Gasteiger partial charge in [-0.3, -0.25) is 9.48 Å². The van der Waals surface area contributed by atoms with Crippen molar-refractivity contribution in [1.82, 2.24) is 14.7 Å². The van der Waals surface area contributed by atoms with Gasteiger partial charge < -0.3 is 9.64 Å². The molecule has 0 N–H and O–H groups in total. The van der Waals surface area contributed by atoms with Crippen LogP contribution in [0.15, 0.2) is 6.20 Å². The van der Waals surface area contributed by atoms with Gasteiger partial charge in [0, 0.05) is 26.4 Å². The Bertz CT molecular complexity index is 424. The molecule has 1 aliphatic rings. The van der Waals surface area contributed by atoms with Gasteiger partial charge in [-0.2, -0.15) is 5.10 Å². The van der Waals surface area contributed by atoms with Gasteiger partial charge in [0.1, 0.15) is 0 Å². The van der Waals surface area contributed by atoms with Crippen LogP contribution in [0.25, 0.3) is 0 Å². The molecule has 1 saturated heterocycles. The summed E-state index contributed by atoms with van der Waals surface area (Å²) >= 11 is 0. The molecular weight excluding hydrogens is 362 g/mol. The van der Waals surface area contributed by atoms with Gasteiger partial charge in [0.15, 0.2) is 0 Å². The molecule has 2 rings (SSSR count). The fraction of sp³-hybridized carbons (Fsp3) is 0.833. The van der Waals surface area contributed by atoms with Gasteiger partial charge in [-0.1, -0.05) is 55.4 Å². The highest BCUT2D eigenvalue weighted by Gasteiger charge is 2.20. The van der Waals surface area contributed by atoms with E-state index in [4.69, 9.17) is 4.74 Å². The summed E-state index contributed by atoms with van der Waals surface area (Å²) < 4.78 is 7.00. The second-order valence-electron chi connectivity index (χ2n) is 6.57. The number of piperidine rings is 1. The van der Waals surface area contributed by atoms with Gasteiger partial charge in [-0.05, 0) is 53.0 Å². The van der Waals surface area contributed by atoms with Gasteiger partial charge >= 0.3 is 0 Å². The van der Waals surface area contributed by atoms with E-state index in [0.29, 0.717) is 6.04 Å². The molecule has 29 heavy (non-hydrogen) atoms. The van der Waals surface area contributed by atoms with Crippen molar-refractivity contribution < 1.29 is 9.53 Å². The summed E-state index contributed by atoms with van der Waals surface area (Å²) in [5.74, 6) is 0. The van der Waals surface area contributed by atoms with Crippen LogP contribution in [0.1, 0.15) is 106 Å². The number of hydrogen-bond acceptors (Lipinski definition) is 3. The van der Waals surface area contributed by atoms with E-state index in [1.54, 1.807) is 7.11 Å². The molecule has 2 heterocycles. The van der Waals surface area contributed by atoms with Crippen LogP contribution < -0.4 is 0 Å². The standard InChI is InChI=1S/C11H17N3O.C5H12O.4C2H6/c1-9-7-14(12-10(9)2)11-3-5-13(8-15)6-4-11;1-5(2,3)6-4;4*1-2/h7-8,11H,3-6H2,1-2H3;1-4H3;4*1-2H3. The number of carbonyl (C=O) groups is 1. The minimum Gasteiger partial charge on any atom is -0.379 e. The molecule has 1 aliphatic heterocycles. The van der Waals surface area contributed by atoms with Crippen LogP contribution in [-0.2, 0) is 9.53 Å². The van der Waals surface area contributed by atoms with Gasteiger partial charge in [0.05, 0.1) is 17.3 Å². The zero-order chi connectivity index (χ0) is 24.0. The van der Waals surface area contributed by atoms with Crippen molar-refractivity contribution in [3.63, 3.8) is 0 Å². The van der Waals surface area contributed by atoms with Crippen LogP contribution in [0.3, 0.4) is 0 Å². The third kappa shape index (κ3) is 18.4. The Labute approximate surface area is 183 Å². The van der Waals surface area contributed by atoms with Crippen LogP contribution in [-0.4, -0.2) is 46.9 Å². The smallest absolute Gasteiger partial charge is 0.209 e. The normalized spacial score (nSPS) is 12.7. The van der Waals surface area contributed by atoms with E-state index in [-0.39, 0.29) is 5.60 Å². The number of rotatable bonds is 2. The summed E-state index contributed by atoms with van der Waals surface area (Å²) in [6, 6.07) is 0.466. The minimum absolute atomic E-state index is 0.0417. The van der Waals surface area contributed by atoms with Crippen molar-refractivity contribution in [2.75, 3.05) is 20.2 Å². The highest BCUT2D eigenvalue weighted by Crippen LogP contribution is 2.22. The molecule has 0 unspecified atom stereocenters. The molecule has 0 radical (unpaired) electrons. The first-order chi connectivity index (χ1) is 13.8. The number of aromatic nitrogens is 2. The Morgan fingerprint density at radius 3 is 1.59 bits per heavy atom. The summed E-state index contributed by atoms with van der Waals surface area (Å²) in [5, 5.41) is 4.49. The molecule has 0 aromatic carbocycles. The fourth-order valence-electron chi connectivity index (χ4n) is 2.02. The Morgan fingerprint density at radius 2 is 1.34 bits per heavy atom. The summed E-state index contributed by atoms with van der Waals surface area (Å²) in [6.07, 6.45) is 5.07. The van der Waals surface area contributed by atoms with Crippen LogP contribution in [0.4, 0.5) is 0 Å². The van der Waals surface area contributed by atoms with Crippen molar-refractivity contribution in [2.24, 2.45) is 0 Å². The SMILES string of the molecule is CC.CC.CC.CC.COC(C)(C)C.Cc1cn(C2CCN(C=O)CC2)nc1C. The Balaban J connectivity index is -0.000000189. The summed E-state index contributed by atoms with van der Waals surface area (Å²) in [5.41, 5.74) is 2.39. The molecular formula is C24H53N3O2. The maximum absolute atomic E-state index is 10.6. The highest BCUT2D eigenvalue weighted by molar-refractivity contribution is 5.47. The number of ether oxygens (including phenoxy) is 1. The third-order valence-corrected chi connectivity index (χ3v) is 3.80. The largest absolute Gasteiger partial charge is 0.379 e. The van der Waals surface area contributed by atoms with Crippen molar-refractivity contribution in [3.8, 4) is 0 Å². The van der Waals surface area contributed by atoms with Crippen LogP contribution in [0, 0.1) is 13.8 Å². The molecule has 1 fully saturated rings. The van der Waals surface area contributed by atoms with Gasteiger partial charge in [0.2, 0.25) is 6.41 Å². The number of aryl methyl sites for hydroxylation is 2. The Hall–Kier alpha value is -1.36. The molecule has 1 aromatic rings. The van der Waals surface area contributed by atoms with E-state index < -0.39 is 0 Å². The monoisotopic (exact) mass is 415 g/mol. The second-order valence-corrected chi connectivity index (χ2v) is 6.57. The lowest BCUT2D eigenvalue weighted by Crippen LogP contribution is -2.33. The average Bonchev–Trinajstić information content (AvgIpc) is 3.12. The molecule has 1 aromatic heterocycles. The van der Waals surface area contributed by atoms with Crippen molar-refractivity contribution in [2.45, 2.75) is 114 Å². The maximum atomic E-state index is 10.6. The van der Waals surface area contributed by atoms with Crippen LogP contribution in [0.5, 0.6) is 0 Å². The van der Waals surface area contributed by atoms with Crippen LogP contribution in [0.2, 0.25) is 0 Å². The van der Waals surface area contributed by atoms with Crippen LogP contribution >= 0.6 is 0 Å². The number of carbonyl (C=O) groups excluding carboxylic acids is 1. The number of methoxy groups -OCH3 is 1. The van der Waals surface area contributed by atoms with E-state index >= 15 is 0 Å². The molecule has 5 nitrogen and oxygen atoms in total. The highest BCUT2D eigenvalue weighted by atomic mass is 16.5. The number of nitrogens with zero attached hydrogens (tertiary/aromatic N) is 3. The lowest BCUT2D eigenvalue weighted by molar-refractivity contribution is -0.119. The van der Waals surface area contributed by atoms with E-state index in [1.165, 1.54) is 5.56 Å². The first-order valence-electron chi connectivity index (χ1n) is 11.5.